The number of carbonyl (C=O) groups excluding carboxylic acids is 1. The maximum atomic E-state index is 12.8. The molecule has 0 saturated carbocycles. The van der Waals surface area contributed by atoms with Crippen LogP contribution in [0.4, 0.5) is 4.39 Å². The number of nitrogens with one attached hydrogen (secondary N) is 1. The van der Waals surface area contributed by atoms with Crippen LogP contribution < -0.4 is 11.1 Å². The fourth-order valence-corrected chi connectivity index (χ4v) is 1.88. The molecule has 2 rings (SSSR count). The molecule has 0 heterocycles. The highest BCUT2D eigenvalue weighted by Gasteiger charge is 2.29. The van der Waals surface area contributed by atoms with Crippen molar-refractivity contribution < 1.29 is 9.18 Å². The van der Waals surface area contributed by atoms with Crippen molar-refractivity contribution in [3.63, 3.8) is 0 Å². The largest absolute Gasteiger partial charge is 0.350 e. The minimum atomic E-state index is -1.10. The van der Waals surface area contributed by atoms with E-state index < -0.39 is 5.54 Å². The number of benzene rings is 2. The van der Waals surface area contributed by atoms with Crippen LogP contribution in [-0.4, -0.2) is 5.91 Å². The summed E-state index contributed by atoms with van der Waals surface area (Å²) in [4.78, 5) is 12.2. The van der Waals surface area contributed by atoms with Crippen LogP contribution in [0.5, 0.6) is 0 Å². The van der Waals surface area contributed by atoms with E-state index in [1.54, 1.807) is 19.1 Å². The Hall–Kier alpha value is -2.20. The topological polar surface area (TPSA) is 55.1 Å². The Kier molecular flexibility index (Phi) is 4.15. The molecule has 2 aromatic rings. The highest BCUT2D eigenvalue weighted by atomic mass is 19.1. The van der Waals surface area contributed by atoms with Crippen molar-refractivity contribution in [3.05, 3.63) is 71.5 Å². The molecule has 1 amide bonds. The van der Waals surface area contributed by atoms with E-state index in [4.69, 9.17) is 5.73 Å². The maximum Gasteiger partial charge on any atom is 0.244 e. The molecule has 0 aliphatic carbocycles. The molecule has 0 spiro atoms. The first-order chi connectivity index (χ1) is 9.50. The first kappa shape index (κ1) is 14.2. The van der Waals surface area contributed by atoms with Gasteiger partial charge in [0.2, 0.25) is 5.91 Å². The zero-order chi connectivity index (χ0) is 14.6. The molecule has 0 aliphatic heterocycles. The van der Waals surface area contributed by atoms with Crippen molar-refractivity contribution in [2.75, 3.05) is 0 Å². The lowest BCUT2D eigenvalue weighted by molar-refractivity contribution is -0.126. The zero-order valence-corrected chi connectivity index (χ0v) is 11.3. The first-order valence-corrected chi connectivity index (χ1v) is 6.37. The highest BCUT2D eigenvalue weighted by Crippen LogP contribution is 2.17. The second kappa shape index (κ2) is 5.84. The summed E-state index contributed by atoms with van der Waals surface area (Å²) in [5.74, 6) is -0.568. The van der Waals surface area contributed by atoms with Gasteiger partial charge in [0.15, 0.2) is 0 Å². The normalized spacial score (nSPS) is 13.6. The van der Waals surface area contributed by atoms with Crippen molar-refractivity contribution in [2.24, 2.45) is 5.73 Å². The zero-order valence-electron chi connectivity index (χ0n) is 11.3. The Bertz CT molecular complexity index is 579. The molecule has 0 fully saturated rings. The Morgan fingerprint density at radius 3 is 2.35 bits per heavy atom. The summed E-state index contributed by atoms with van der Waals surface area (Å²) in [5, 5.41) is 2.77. The predicted octanol–water partition coefficient (Wildman–Crippen LogP) is 2.32. The van der Waals surface area contributed by atoms with E-state index in [-0.39, 0.29) is 11.7 Å². The number of hydrogen-bond acceptors (Lipinski definition) is 2. The van der Waals surface area contributed by atoms with Crippen LogP contribution >= 0.6 is 0 Å². The predicted molar refractivity (Wildman–Crippen MR) is 76.2 cm³/mol. The van der Waals surface area contributed by atoms with Gasteiger partial charge in [0.1, 0.15) is 11.4 Å². The molecule has 20 heavy (non-hydrogen) atoms. The van der Waals surface area contributed by atoms with Gasteiger partial charge in [-0.25, -0.2) is 4.39 Å². The smallest absolute Gasteiger partial charge is 0.244 e. The first-order valence-electron chi connectivity index (χ1n) is 6.37. The van der Waals surface area contributed by atoms with Crippen LogP contribution in [0.2, 0.25) is 0 Å². The lowest BCUT2D eigenvalue weighted by atomic mass is 9.92. The average molecular weight is 272 g/mol. The number of hydrogen-bond donors (Lipinski definition) is 2. The number of halogens is 1. The molecule has 0 aliphatic rings. The summed E-state index contributed by atoms with van der Waals surface area (Å²) in [7, 11) is 0. The minimum absolute atomic E-state index is 0.270. The van der Waals surface area contributed by atoms with Gasteiger partial charge in [0.05, 0.1) is 0 Å². The Morgan fingerprint density at radius 1 is 1.15 bits per heavy atom. The summed E-state index contributed by atoms with van der Waals surface area (Å²) < 4.78 is 12.8. The summed E-state index contributed by atoms with van der Waals surface area (Å²) in [6.45, 7) is 1.99. The van der Waals surface area contributed by atoms with Crippen molar-refractivity contribution in [1.29, 1.82) is 0 Å². The van der Waals surface area contributed by atoms with Crippen LogP contribution in [-0.2, 0) is 16.9 Å². The van der Waals surface area contributed by atoms with Crippen molar-refractivity contribution >= 4 is 5.91 Å². The van der Waals surface area contributed by atoms with Gasteiger partial charge in [-0.05, 0) is 30.2 Å². The summed E-state index contributed by atoms with van der Waals surface area (Å²) in [5.41, 5.74) is 6.57. The molecule has 1 atom stereocenters. The quantitative estimate of drug-likeness (QED) is 0.897. The minimum Gasteiger partial charge on any atom is -0.350 e. The molecule has 3 nitrogen and oxygen atoms in total. The Morgan fingerprint density at radius 2 is 1.75 bits per heavy atom. The van der Waals surface area contributed by atoms with Gasteiger partial charge >= 0.3 is 0 Å². The number of carbonyl (C=O) groups is 1. The molecule has 0 bridgehead atoms. The number of amides is 1. The number of nitrogens with two attached hydrogens (primary N) is 1. The molecule has 3 N–H and O–H groups in total. The van der Waals surface area contributed by atoms with Crippen LogP contribution in [0.3, 0.4) is 0 Å². The fourth-order valence-electron chi connectivity index (χ4n) is 1.88. The van der Waals surface area contributed by atoms with E-state index >= 15 is 0 Å². The van der Waals surface area contributed by atoms with Crippen LogP contribution in [0.25, 0.3) is 0 Å². The Labute approximate surface area is 117 Å². The van der Waals surface area contributed by atoms with Crippen molar-refractivity contribution in [2.45, 2.75) is 19.0 Å². The van der Waals surface area contributed by atoms with E-state index in [0.29, 0.717) is 6.54 Å². The van der Waals surface area contributed by atoms with E-state index in [1.165, 1.54) is 12.1 Å². The van der Waals surface area contributed by atoms with Crippen LogP contribution in [0.15, 0.2) is 54.6 Å². The van der Waals surface area contributed by atoms with Gasteiger partial charge in [-0.1, -0.05) is 42.5 Å². The van der Waals surface area contributed by atoms with Gasteiger partial charge in [-0.3, -0.25) is 4.79 Å². The standard InChI is InChI=1S/C16H17FN2O/c1-16(18,13-5-3-2-4-6-13)15(20)19-11-12-7-9-14(17)10-8-12/h2-10H,11,18H2,1H3,(H,19,20). The third kappa shape index (κ3) is 3.22. The molecule has 0 radical (unpaired) electrons. The van der Waals surface area contributed by atoms with E-state index in [9.17, 15) is 9.18 Å². The van der Waals surface area contributed by atoms with Gasteiger partial charge in [-0.2, -0.15) is 0 Å². The second-order valence-corrected chi connectivity index (χ2v) is 4.88. The third-order valence-electron chi connectivity index (χ3n) is 3.21. The summed E-state index contributed by atoms with van der Waals surface area (Å²) >= 11 is 0. The average Bonchev–Trinajstić information content (AvgIpc) is 2.47. The van der Waals surface area contributed by atoms with Gasteiger partial charge in [0, 0.05) is 6.54 Å². The number of rotatable bonds is 4. The molecule has 0 aromatic heterocycles. The molecule has 104 valence electrons. The second-order valence-electron chi connectivity index (χ2n) is 4.88. The SMILES string of the molecule is CC(N)(C(=O)NCc1ccc(F)cc1)c1ccccc1. The van der Waals surface area contributed by atoms with E-state index in [1.807, 2.05) is 30.3 Å². The molecular weight excluding hydrogens is 255 g/mol. The van der Waals surface area contributed by atoms with Crippen LogP contribution in [0.1, 0.15) is 18.1 Å². The van der Waals surface area contributed by atoms with E-state index in [0.717, 1.165) is 11.1 Å². The Balaban J connectivity index is 2.03. The summed E-state index contributed by atoms with van der Waals surface area (Å²) in [6, 6.07) is 15.2. The highest BCUT2D eigenvalue weighted by molar-refractivity contribution is 5.86. The molecule has 2 aromatic carbocycles. The molecule has 0 saturated heterocycles. The lowest BCUT2D eigenvalue weighted by Gasteiger charge is -2.24. The van der Waals surface area contributed by atoms with Gasteiger partial charge in [-0.15, -0.1) is 0 Å². The van der Waals surface area contributed by atoms with Crippen molar-refractivity contribution in [3.8, 4) is 0 Å². The van der Waals surface area contributed by atoms with Gasteiger partial charge in [0.25, 0.3) is 0 Å². The molecule has 4 heteroatoms. The lowest BCUT2D eigenvalue weighted by Crippen LogP contribution is -2.48. The fraction of sp³-hybridized carbons (Fsp3) is 0.188. The van der Waals surface area contributed by atoms with Gasteiger partial charge < -0.3 is 11.1 Å². The van der Waals surface area contributed by atoms with E-state index in [2.05, 4.69) is 5.32 Å². The van der Waals surface area contributed by atoms with Crippen LogP contribution in [0, 0.1) is 5.82 Å². The maximum absolute atomic E-state index is 12.8. The third-order valence-corrected chi connectivity index (χ3v) is 3.21. The molecular formula is C16H17FN2O. The summed E-state index contributed by atoms with van der Waals surface area (Å²) in [6.07, 6.45) is 0. The van der Waals surface area contributed by atoms with Crippen molar-refractivity contribution in [1.82, 2.24) is 5.32 Å². The monoisotopic (exact) mass is 272 g/mol. The molecule has 1 unspecified atom stereocenters.